The van der Waals surface area contributed by atoms with E-state index in [2.05, 4.69) is 0 Å². The fraction of sp³-hybridized carbons (Fsp3) is 0.286. The van der Waals surface area contributed by atoms with E-state index < -0.39 is 17.0 Å². The third-order valence-electron chi connectivity index (χ3n) is 3.33. The molecule has 0 spiro atoms. The third kappa shape index (κ3) is 2.62. The topological polar surface area (TPSA) is 52.0 Å². The molecular formula is C14H16F2N2S. The van der Waals surface area contributed by atoms with Crippen molar-refractivity contribution in [3.05, 3.63) is 51.7 Å². The first-order chi connectivity index (χ1) is 8.98. The minimum atomic E-state index is -0.899. The van der Waals surface area contributed by atoms with Gasteiger partial charge in [-0.2, -0.15) is 0 Å². The van der Waals surface area contributed by atoms with E-state index in [-0.39, 0.29) is 17.8 Å². The first-order valence-corrected chi connectivity index (χ1v) is 6.82. The zero-order valence-corrected chi connectivity index (χ0v) is 11.4. The number of rotatable bonds is 4. The van der Waals surface area contributed by atoms with Gasteiger partial charge in [0.2, 0.25) is 0 Å². The van der Waals surface area contributed by atoms with Crippen molar-refractivity contribution in [3.63, 3.8) is 0 Å². The lowest BCUT2D eigenvalue weighted by Gasteiger charge is -2.30. The maximum atomic E-state index is 14.1. The van der Waals surface area contributed by atoms with Crippen molar-refractivity contribution < 1.29 is 8.78 Å². The molecule has 1 heterocycles. The second-order valence-electron chi connectivity index (χ2n) is 4.85. The fourth-order valence-corrected chi connectivity index (χ4v) is 3.13. The number of halogens is 2. The van der Waals surface area contributed by atoms with Crippen molar-refractivity contribution in [1.82, 2.24) is 0 Å². The maximum Gasteiger partial charge on any atom is 0.164 e. The lowest BCUT2D eigenvalue weighted by atomic mass is 9.78. The largest absolute Gasteiger partial charge is 0.398 e. The van der Waals surface area contributed by atoms with Crippen molar-refractivity contribution >= 4 is 17.0 Å². The van der Waals surface area contributed by atoms with Gasteiger partial charge in [0.15, 0.2) is 11.6 Å². The first-order valence-electron chi connectivity index (χ1n) is 5.94. The Labute approximate surface area is 115 Å². The summed E-state index contributed by atoms with van der Waals surface area (Å²) in [6.45, 7) is 2.00. The van der Waals surface area contributed by atoms with Crippen LogP contribution in [0.15, 0.2) is 29.6 Å². The van der Waals surface area contributed by atoms with Gasteiger partial charge in [0.25, 0.3) is 0 Å². The fourth-order valence-electron chi connectivity index (χ4n) is 2.24. The smallest absolute Gasteiger partial charge is 0.164 e. The number of anilines is 1. The van der Waals surface area contributed by atoms with Crippen LogP contribution in [0.2, 0.25) is 0 Å². The van der Waals surface area contributed by atoms with Crippen LogP contribution in [0.1, 0.15) is 17.4 Å². The highest BCUT2D eigenvalue weighted by atomic mass is 32.1. The second-order valence-corrected chi connectivity index (χ2v) is 5.88. The Morgan fingerprint density at radius 3 is 2.58 bits per heavy atom. The molecule has 0 saturated heterocycles. The zero-order chi connectivity index (χ0) is 14.0. The molecule has 0 aliphatic rings. The molecule has 1 unspecified atom stereocenters. The van der Waals surface area contributed by atoms with Crippen molar-refractivity contribution in [2.45, 2.75) is 18.8 Å². The Bertz CT molecular complexity index is 569. The van der Waals surface area contributed by atoms with Crippen molar-refractivity contribution in [2.24, 2.45) is 5.73 Å². The van der Waals surface area contributed by atoms with Crippen LogP contribution in [0.5, 0.6) is 0 Å². The van der Waals surface area contributed by atoms with Crippen LogP contribution < -0.4 is 11.5 Å². The maximum absolute atomic E-state index is 14.1. The Hall–Kier alpha value is -1.46. The monoisotopic (exact) mass is 282 g/mol. The average molecular weight is 282 g/mol. The molecule has 5 heteroatoms. The molecular weight excluding hydrogens is 266 g/mol. The van der Waals surface area contributed by atoms with Gasteiger partial charge in [-0.3, -0.25) is 0 Å². The number of nitrogen functional groups attached to an aromatic ring is 1. The summed E-state index contributed by atoms with van der Waals surface area (Å²) in [5, 5.41) is 1.94. The molecule has 1 atom stereocenters. The van der Waals surface area contributed by atoms with E-state index in [0.717, 1.165) is 10.9 Å². The van der Waals surface area contributed by atoms with Gasteiger partial charge in [0.05, 0.1) is 0 Å². The highest BCUT2D eigenvalue weighted by molar-refractivity contribution is 7.09. The molecule has 19 heavy (non-hydrogen) atoms. The van der Waals surface area contributed by atoms with Gasteiger partial charge in [-0.15, -0.1) is 11.3 Å². The van der Waals surface area contributed by atoms with Crippen molar-refractivity contribution in [1.29, 1.82) is 0 Å². The quantitative estimate of drug-likeness (QED) is 0.847. The second kappa shape index (κ2) is 5.27. The molecule has 0 fully saturated rings. The molecule has 0 aliphatic heterocycles. The summed E-state index contributed by atoms with van der Waals surface area (Å²) in [6.07, 6.45) is 0.533. The molecule has 1 aromatic carbocycles. The van der Waals surface area contributed by atoms with E-state index in [4.69, 9.17) is 11.5 Å². The summed E-state index contributed by atoms with van der Waals surface area (Å²) in [5.41, 5.74) is 11.3. The van der Waals surface area contributed by atoms with E-state index in [1.165, 1.54) is 6.07 Å². The lowest BCUT2D eigenvalue weighted by molar-refractivity contribution is 0.429. The summed E-state index contributed by atoms with van der Waals surface area (Å²) in [4.78, 5) is 1.07. The SMILES string of the molecule is CC(CN)(Cc1cccs1)c1c(N)ccc(F)c1F. The van der Waals surface area contributed by atoms with Gasteiger partial charge in [0, 0.05) is 28.1 Å². The minimum Gasteiger partial charge on any atom is -0.398 e. The van der Waals surface area contributed by atoms with E-state index in [0.29, 0.717) is 6.42 Å². The molecule has 2 aromatic rings. The van der Waals surface area contributed by atoms with Crippen LogP contribution in [0.4, 0.5) is 14.5 Å². The van der Waals surface area contributed by atoms with Crippen LogP contribution in [0.25, 0.3) is 0 Å². The van der Waals surface area contributed by atoms with E-state index in [9.17, 15) is 8.78 Å². The van der Waals surface area contributed by atoms with Gasteiger partial charge in [-0.05, 0) is 30.0 Å². The Morgan fingerprint density at radius 1 is 1.26 bits per heavy atom. The summed E-state index contributed by atoms with van der Waals surface area (Å²) in [5.74, 6) is -1.79. The van der Waals surface area contributed by atoms with E-state index >= 15 is 0 Å². The average Bonchev–Trinajstić information content (AvgIpc) is 2.87. The Kier molecular flexibility index (Phi) is 3.87. The van der Waals surface area contributed by atoms with Gasteiger partial charge in [-0.1, -0.05) is 13.0 Å². The van der Waals surface area contributed by atoms with Gasteiger partial charge >= 0.3 is 0 Å². The van der Waals surface area contributed by atoms with Crippen molar-refractivity contribution in [3.8, 4) is 0 Å². The Balaban J connectivity index is 2.49. The Morgan fingerprint density at radius 2 is 2.00 bits per heavy atom. The third-order valence-corrected chi connectivity index (χ3v) is 4.20. The normalized spacial score (nSPS) is 14.3. The molecule has 4 N–H and O–H groups in total. The lowest BCUT2D eigenvalue weighted by Crippen LogP contribution is -2.36. The predicted molar refractivity (Wildman–Crippen MR) is 75.2 cm³/mol. The number of hydrogen-bond donors (Lipinski definition) is 2. The van der Waals surface area contributed by atoms with Gasteiger partial charge in [0.1, 0.15) is 0 Å². The molecule has 0 saturated carbocycles. The van der Waals surface area contributed by atoms with Crippen molar-refractivity contribution in [2.75, 3.05) is 12.3 Å². The molecule has 0 radical (unpaired) electrons. The standard InChI is InChI=1S/C14H16F2N2S/c1-14(8-17,7-9-3-2-6-19-9)12-11(18)5-4-10(15)13(12)16/h2-6H,7-8,17-18H2,1H3. The number of nitrogens with two attached hydrogens (primary N) is 2. The molecule has 102 valence electrons. The van der Waals surface area contributed by atoms with E-state index in [1.54, 1.807) is 18.3 Å². The molecule has 2 nitrogen and oxygen atoms in total. The summed E-state index contributed by atoms with van der Waals surface area (Å²) in [7, 11) is 0. The molecule has 1 aromatic heterocycles. The molecule has 0 amide bonds. The van der Waals surface area contributed by atoms with Crippen LogP contribution in [-0.4, -0.2) is 6.54 Å². The number of hydrogen-bond acceptors (Lipinski definition) is 3. The highest BCUT2D eigenvalue weighted by Gasteiger charge is 2.32. The predicted octanol–water partition coefficient (Wildman–Crippen LogP) is 3.07. The van der Waals surface area contributed by atoms with Crippen LogP contribution >= 0.6 is 11.3 Å². The zero-order valence-electron chi connectivity index (χ0n) is 10.6. The number of thiophene rings is 1. The highest BCUT2D eigenvalue weighted by Crippen LogP contribution is 2.35. The minimum absolute atomic E-state index is 0.170. The van der Waals surface area contributed by atoms with Gasteiger partial charge in [-0.25, -0.2) is 8.78 Å². The molecule has 0 aliphatic carbocycles. The summed E-state index contributed by atoms with van der Waals surface area (Å²) >= 11 is 1.56. The van der Waals surface area contributed by atoms with Crippen LogP contribution in [0, 0.1) is 11.6 Å². The molecule has 2 rings (SSSR count). The van der Waals surface area contributed by atoms with Crippen LogP contribution in [0.3, 0.4) is 0 Å². The van der Waals surface area contributed by atoms with Crippen LogP contribution in [-0.2, 0) is 11.8 Å². The number of benzene rings is 1. The van der Waals surface area contributed by atoms with E-state index in [1.807, 2.05) is 17.5 Å². The summed E-state index contributed by atoms with van der Waals surface area (Å²) < 4.78 is 27.5. The molecule has 0 bridgehead atoms. The summed E-state index contributed by atoms with van der Waals surface area (Å²) in [6, 6.07) is 6.29. The first kappa shape index (κ1) is 14.0. The van der Waals surface area contributed by atoms with Gasteiger partial charge < -0.3 is 11.5 Å².